The number of esters is 1. The Bertz CT molecular complexity index is 556. The Morgan fingerprint density at radius 3 is 2.20 bits per heavy atom. The summed E-state index contributed by atoms with van der Waals surface area (Å²) in [6.07, 6.45) is 0. The maximum absolute atomic E-state index is 11.9. The zero-order chi connectivity index (χ0) is 15.4. The van der Waals surface area contributed by atoms with Crippen molar-refractivity contribution in [2.45, 2.75) is 27.7 Å². The van der Waals surface area contributed by atoms with Crippen LogP contribution in [0.2, 0.25) is 0 Å². The van der Waals surface area contributed by atoms with Crippen LogP contribution < -0.4 is 4.72 Å². The van der Waals surface area contributed by atoms with Crippen LogP contribution in [0.3, 0.4) is 0 Å². The predicted octanol–water partition coefficient (Wildman–Crippen LogP) is 2.65. The van der Waals surface area contributed by atoms with E-state index in [4.69, 9.17) is 4.74 Å². The van der Waals surface area contributed by atoms with Crippen LogP contribution in [0, 0.1) is 5.41 Å². The molecule has 0 saturated carbocycles. The minimum absolute atomic E-state index is 0.0274. The second-order valence-electron chi connectivity index (χ2n) is 5.72. The van der Waals surface area contributed by atoms with Crippen molar-refractivity contribution in [3.63, 3.8) is 0 Å². The van der Waals surface area contributed by atoms with Crippen molar-refractivity contribution in [2.75, 3.05) is 17.1 Å². The second kappa shape index (κ2) is 6.26. The molecule has 0 aromatic heterocycles. The Morgan fingerprint density at radius 2 is 1.75 bits per heavy atom. The Morgan fingerprint density at radius 1 is 1.20 bits per heavy atom. The van der Waals surface area contributed by atoms with E-state index in [-0.39, 0.29) is 11.2 Å². The van der Waals surface area contributed by atoms with Crippen LogP contribution >= 0.6 is 0 Å². The van der Waals surface area contributed by atoms with Crippen LogP contribution in [-0.2, 0) is 14.8 Å². The van der Waals surface area contributed by atoms with Gasteiger partial charge in [0, 0.05) is 5.69 Å². The molecular weight excluding hydrogens is 278 g/mol. The van der Waals surface area contributed by atoms with Crippen LogP contribution in [0.4, 0.5) is 5.69 Å². The summed E-state index contributed by atoms with van der Waals surface area (Å²) in [5.74, 6) is -0.392. The summed E-state index contributed by atoms with van der Waals surface area (Å²) >= 11 is 0. The number of anilines is 1. The lowest BCUT2D eigenvalue weighted by Gasteiger charge is -2.18. The minimum Gasteiger partial charge on any atom is -0.462 e. The zero-order valence-corrected chi connectivity index (χ0v) is 13.1. The van der Waals surface area contributed by atoms with Crippen LogP contribution in [0.5, 0.6) is 0 Å². The van der Waals surface area contributed by atoms with Gasteiger partial charge in [-0.25, -0.2) is 13.2 Å². The fraction of sp³-hybridized carbons (Fsp3) is 0.500. The van der Waals surface area contributed by atoms with E-state index in [0.717, 1.165) is 0 Å². The van der Waals surface area contributed by atoms with Gasteiger partial charge in [-0.15, -0.1) is 0 Å². The highest BCUT2D eigenvalue weighted by Crippen LogP contribution is 2.19. The van der Waals surface area contributed by atoms with Crippen molar-refractivity contribution >= 4 is 21.7 Å². The first-order chi connectivity index (χ1) is 9.13. The van der Waals surface area contributed by atoms with E-state index in [1.165, 1.54) is 12.1 Å². The Balaban J connectivity index is 2.78. The maximum Gasteiger partial charge on any atom is 0.338 e. The second-order valence-corrected chi connectivity index (χ2v) is 7.44. The number of carbonyl (C=O) groups is 1. The molecule has 0 aliphatic rings. The lowest BCUT2D eigenvalue weighted by molar-refractivity contribution is 0.0526. The van der Waals surface area contributed by atoms with Crippen molar-refractivity contribution in [3.8, 4) is 0 Å². The van der Waals surface area contributed by atoms with E-state index in [1.54, 1.807) is 19.1 Å². The van der Waals surface area contributed by atoms with Gasteiger partial charge in [0.25, 0.3) is 0 Å². The van der Waals surface area contributed by atoms with Gasteiger partial charge >= 0.3 is 5.97 Å². The summed E-state index contributed by atoms with van der Waals surface area (Å²) < 4.78 is 31.2. The summed E-state index contributed by atoms with van der Waals surface area (Å²) in [5.41, 5.74) is 0.504. The molecule has 0 saturated heterocycles. The van der Waals surface area contributed by atoms with E-state index in [0.29, 0.717) is 17.9 Å². The molecule has 1 rings (SSSR count). The molecule has 6 heteroatoms. The van der Waals surface area contributed by atoms with Gasteiger partial charge in [0.2, 0.25) is 10.0 Å². The third-order valence-corrected chi connectivity index (χ3v) is 4.09. The molecule has 5 nitrogen and oxygen atoms in total. The predicted molar refractivity (Wildman–Crippen MR) is 79.3 cm³/mol. The van der Waals surface area contributed by atoms with Gasteiger partial charge in [-0.3, -0.25) is 4.72 Å². The molecule has 0 fully saturated rings. The molecule has 0 bridgehead atoms. The lowest BCUT2D eigenvalue weighted by atomic mass is 10.0. The van der Waals surface area contributed by atoms with Gasteiger partial charge in [0.1, 0.15) is 0 Å². The molecule has 1 aromatic rings. The monoisotopic (exact) mass is 299 g/mol. The molecule has 0 aliphatic carbocycles. The Hall–Kier alpha value is -1.56. The zero-order valence-electron chi connectivity index (χ0n) is 12.3. The highest BCUT2D eigenvalue weighted by Gasteiger charge is 2.21. The maximum atomic E-state index is 11.9. The first-order valence-electron chi connectivity index (χ1n) is 6.41. The molecule has 20 heavy (non-hydrogen) atoms. The molecule has 112 valence electrons. The summed E-state index contributed by atoms with van der Waals surface area (Å²) in [7, 11) is -3.40. The molecular formula is C14H21NO4S. The quantitative estimate of drug-likeness (QED) is 0.848. The highest BCUT2D eigenvalue weighted by molar-refractivity contribution is 7.92. The minimum atomic E-state index is -3.40. The van der Waals surface area contributed by atoms with E-state index in [1.807, 2.05) is 20.8 Å². The average Bonchev–Trinajstić information content (AvgIpc) is 2.26. The Kier molecular flexibility index (Phi) is 5.16. The number of carbonyl (C=O) groups excluding carboxylic acids is 1. The number of ether oxygens (including phenoxy) is 1. The van der Waals surface area contributed by atoms with Gasteiger partial charge in [0.05, 0.1) is 17.9 Å². The first-order valence-corrected chi connectivity index (χ1v) is 8.06. The third-order valence-electron chi connectivity index (χ3n) is 2.29. The Labute approximate surface area is 120 Å². The third kappa shape index (κ3) is 5.61. The molecule has 0 heterocycles. The molecule has 0 spiro atoms. The van der Waals surface area contributed by atoms with Gasteiger partial charge in [-0.1, -0.05) is 20.8 Å². The summed E-state index contributed by atoms with van der Waals surface area (Å²) in [4.78, 5) is 11.5. The van der Waals surface area contributed by atoms with E-state index in [9.17, 15) is 13.2 Å². The summed E-state index contributed by atoms with van der Waals surface area (Å²) in [5, 5.41) is 0. The van der Waals surface area contributed by atoms with Crippen molar-refractivity contribution in [3.05, 3.63) is 29.8 Å². The molecule has 0 radical (unpaired) electrons. The smallest absolute Gasteiger partial charge is 0.338 e. The fourth-order valence-corrected chi connectivity index (χ4v) is 3.38. The van der Waals surface area contributed by atoms with Crippen molar-refractivity contribution < 1.29 is 17.9 Å². The summed E-state index contributed by atoms with van der Waals surface area (Å²) in [6, 6.07) is 6.17. The number of benzene rings is 1. The molecule has 1 N–H and O–H groups in total. The van der Waals surface area contributed by atoms with Gasteiger partial charge < -0.3 is 4.74 Å². The van der Waals surface area contributed by atoms with Crippen molar-refractivity contribution in [2.24, 2.45) is 5.41 Å². The molecule has 0 atom stereocenters. The number of hydrogen-bond donors (Lipinski definition) is 1. The first kappa shape index (κ1) is 16.5. The fourth-order valence-electron chi connectivity index (χ4n) is 1.67. The van der Waals surface area contributed by atoms with E-state index >= 15 is 0 Å². The number of nitrogens with one attached hydrogen (secondary N) is 1. The van der Waals surface area contributed by atoms with Crippen molar-refractivity contribution in [1.29, 1.82) is 0 Å². The van der Waals surface area contributed by atoms with Gasteiger partial charge in [-0.2, -0.15) is 0 Å². The van der Waals surface area contributed by atoms with Crippen LogP contribution in [0.25, 0.3) is 0 Å². The van der Waals surface area contributed by atoms with E-state index < -0.39 is 16.0 Å². The average molecular weight is 299 g/mol. The van der Waals surface area contributed by atoms with E-state index in [2.05, 4.69) is 4.72 Å². The van der Waals surface area contributed by atoms with Gasteiger partial charge in [0.15, 0.2) is 0 Å². The largest absolute Gasteiger partial charge is 0.462 e. The lowest BCUT2D eigenvalue weighted by Crippen LogP contribution is -2.26. The normalized spacial score (nSPS) is 12.0. The molecule has 0 unspecified atom stereocenters. The van der Waals surface area contributed by atoms with Crippen molar-refractivity contribution in [1.82, 2.24) is 0 Å². The van der Waals surface area contributed by atoms with Crippen LogP contribution in [0.15, 0.2) is 24.3 Å². The number of hydrogen-bond acceptors (Lipinski definition) is 4. The number of rotatable bonds is 5. The van der Waals surface area contributed by atoms with Gasteiger partial charge in [-0.05, 0) is 36.6 Å². The standard InChI is InChI=1S/C14H21NO4S/c1-5-19-13(16)11-6-8-12(9-7-11)15-20(17,18)10-14(2,3)4/h6-9,15H,5,10H2,1-4H3. The topological polar surface area (TPSA) is 72.5 Å². The SMILES string of the molecule is CCOC(=O)c1ccc(NS(=O)(=O)CC(C)(C)C)cc1. The number of sulfonamides is 1. The van der Waals surface area contributed by atoms with Crippen LogP contribution in [-0.4, -0.2) is 26.7 Å². The molecule has 0 aliphatic heterocycles. The van der Waals surface area contributed by atoms with Crippen LogP contribution in [0.1, 0.15) is 38.1 Å². The summed E-state index contributed by atoms with van der Waals surface area (Å²) in [6.45, 7) is 7.61. The molecule has 0 amide bonds. The molecule has 1 aromatic carbocycles. The highest BCUT2D eigenvalue weighted by atomic mass is 32.2.